The number of nitrogens with one attached hydrogen (secondary N) is 1. The molecule has 0 radical (unpaired) electrons. The smallest absolute Gasteiger partial charge is 0.129 e. The zero-order valence-electron chi connectivity index (χ0n) is 12.4. The second-order valence-electron chi connectivity index (χ2n) is 4.32. The summed E-state index contributed by atoms with van der Waals surface area (Å²) in [7, 11) is 5.00. The van der Waals surface area contributed by atoms with Gasteiger partial charge in [0.05, 0.1) is 21.3 Å². The molecule has 0 spiro atoms. The molecule has 1 rings (SSSR count). The molecular formula is C15H25NO3. The molecule has 0 aliphatic rings. The number of hydrogen-bond acceptors (Lipinski definition) is 4. The van der Waals surface area contributed by atoms with Gasteiger partial charge in [0.25, 0.3) is 0 Å². The Morgan fingerprint density at radius 3 is 2.05 bits per heavy atom. The van der Waals surface area contributed by atoms with Crippen molar-refractivity contribution in [1.29, 1.82) is 0 Å². The molecule has 4 nitrogen and oxygen atoms in total. The molecule has 0 aliphatic heterocycles. The van der Waals surface area contributed by atoms with Crippen molar-refractivity contribution in [2.75, 3.05) is 34.4 Å². The van der Waals surface area contributed by atoms with Crippen LogP contribution in [0.2, 0.25) is 0 Å². The van der Waals surface area contributed by atoms with E-state index in [1.54, 1.807) is 21.3 Å². The van der Waals surface area contributed by atoms with Gasteiger partial charge in [-0.2, -0.15) is 0 Å². The van der Waals surface area contributed by atoms with Crippen molar-refractivity contribution >= 4 is 0 Å². The van der Waals surface area contributed by atoms with Gasteiger partial charge in [-0.05, 0) is 32.4 Å². The maximum absolute atomic E-state index is 5.43. The van der Waals surface area contributed by atoms with Crippen molar-refractivity contribution in [3.8, 4) is 17.2 Å². The van der Waals surface area contributed by atoms with Gasteiger partial charge in [-0.25, -0.2) is 0 Å². The van der Waals surface area contributed by atoms with Crippen LogP contribution in [0.5, 0.6) is 17.2 Å². The topological polar surface area (TPSA) is 39.7 Å². The zero-order chi connectivity index (χ0) is 14.1. The number of benzene rings is 1. The third-order valence-corrected chi connectivity index (χ3v) is 3.10. The summed E-state index contributed by atoms with van der Waals surface area (Å²) < 4.78 is 16.1. The van der Waals surface area contributed by atoms with Crippen molar-refractivity contribution in [3.05, 3.63) is 17.7 Å². The minimum atomic E-state index is 0.755. The first kappa shape index (κ1) is 15.6. The van der Waals surface area contributed by atoms with Gasteiger partial charge in [0.1, 0.15) is 17.2 Å². The fourth-order valence-electron chi connectivity index (χ4n) is 2.05. The highest BCUT2D eigenvalue weighted by Crippen LogP contribution is 2.34. The lowest BCUT2D eigenvalue weighted by Crippen LogP contribution is -2.14. The van der Waals surface area contributed by atoms with Crippen LogP contribution in [0, 0.1) is 0 Å². The third-order valence-electron chi connectivity index (χ3n) is 3.10. The molecule has 0 fully saturated rings. The summed E-state index contributed by atoms with van der Waals surface area (Å²) in [6, 6.07) is 3.81. The first-order valence-corrected chi connectivity index (χ1v) is 6.76. The maximum atomic E-state index is 5.43. The summed E-state index contributed by atoms with van der Waals surface area (Å²) in [5, 5.41) is 3.33. The minimum absolute atomic E-state index is 0.755. The molecule has 0 atom stereocenters. The fraction of sp³-hybridized carbons (Fsp3) is 0.600. The van der Waals surface area contributed by atoms with Crippen LogP contribution in [0.1, 0.15) is 25.3 Å². The molecule has 1 aromatic rings. The van der Waals surface area contributed by atoms with Crippen molar-refractivity contribution in [2.45, 2.75) is 26.2 Å². The normalized spacial score (nSPS) is 10.3. The predicted molar refractivity (Wildman–Crippen MR) is 77.6 cm³/mol. The van der Waals surface area contributed by atoms with Crippen LogP contribution < -0.4 is 19.5 Å². The van der Waals surface area contributed by atoms with Crippen LogP contribution >= 0.6 is 0 Å². The van der Waals surface area contributed by atoms with Crippen LogP contribution in [-0.2, 0) is 6.42 Å². The van der Waals surface area contributed by atoms with E-state index in [4.69, 9.17) is 14.2 Å². The first-order chi connectivity index (χ1) is 9.26. The van der Waals surface area contributed by atoms with Gasteiger partial charge in [-0.15, -0.1) is 0 Å². The molecule has 1 N–H and O–H groups in total. The Balaban J connectivity index is 2.73. The average molecular weight is 267 g/mol. The Labute approximate surface area is 116 Å². The largest absolute Gasteiger partial charge is 0.496 e. The first-order valence-electron chi connectivity index (χ1n) is 6.76. The molecule has 0 unspecified atom stereocenters. The molecule has 0 aliphatic carbocycles. The molecule has 0 saturated carbocycles. The van der Waals surface area contributed by atoms with E-state index in [0.717, 1.165) is 55.2 Å². The predicted octanol–water partition coefficient (Wildman–Crippen LogP) is 2.64. The van der Waals surface area contributed by atoms with Gasteiger partial charge in [-0.1, -0.05) is 6.92 Å². The van der Waals surface area contributed by atoms with E-state index < -0.39 is 0 Å². The van der Waals surface area contributed by atoms with Gasteiger partial charge < -0.3 is 19.5 Å². The number of methoxy groups -OCH3 is 3. The molecule has 19 heavy (non-hydrogen) atoms. The van der Waals surface area contributed by atoms with Gasteiger partial charge in [0, 0.05) is 17.7 Å². The van der Waals surface area contributed by atoms with E-state index in [0.29, 0.717) is 0 Å². The standard InChI is InChI=1S/C15H25NO3/c1-5-16-9-7-6-8-13-14(18-3)10-12(17-2)11-15(13)19-4/h10-11,16H,5-9H2,1-4H3. The monoisotopic (exact) mass is 267 g/mol. The highest BCUT2D eigenvalue weighted by Gasteiger charge is 2.12. The summed E-state index contributed by atoms with van der Waals surface area (Å²) in [5.41, 5.74) is 1.11. The van der Waals surface area contributed by atoms with E-state index in [2.05, 4.69) is 12.2 Å². The average Bonchev–Trinajstić information content (AvgIpc) is 2.46. The van der Waals surface area contributed by atoms with Crippen LogP contribution in [0.4, 0.5) is 0 Å². The molecule has 0 saturated heterocycles. The van der Waals surface area contributed by atoms with E-state index in [1.807, 2.05) is 12.1 Å². The summed E-state index contributed by atoms with van der Waals surface area (Å²) in [6.07, 6.45) is 3.19. The maximum Gasteiger partial charge on any atom is 0.129 e. The summed E-state index contributed by atoms with van der Waals surface area (Å²) >= 11 is 0. The highest BCUT2D eigenvalue weighted by atomic mass is 16.5. The Morgan fingerprint density at radius 2 is 1.58 bits per heavy atom. The van der Waals surface area contributed by atoms with Crippen LogP contribution in [0.15, 0.2) is 12.1 Å². The molecule has 1 aromatic carbocycles. The Hall–Kier alpha value is -1.42. The Kier molecular flexibility index (Phi) is 7.11. The van der Waals surface area contributed by atoms with E-state index in [9.17, 15) is 0 Å². The van der Waals surface area contributed by atoms with Crippen LogP contribution in [0.25, 0.3) is 0 Å². The summed E-state index contributed by atoms with van der Waals surface area (Å²) in [6.45, 7) is 4.20. The van der Waals surface area contributed by atoms with E-state index in [-0.39, 0.29) is 0 Å². The quantitative estimate of drug-likeness (QED) is 0.698. The number of ether oxygens (including phenoxy) is 3. The number of rotatable bonds is 9. The van der Waals surface area contributed by atoms with Crippen LogP contribution in [-0.4, -0.2) is 34.4 Å². The second kappa shape index (κ2) is 8.64. The van der Waals surface area contributed by atoms with Gasteiger partial charge >= 0.3 is 0 Å². The molecule has 0 bridgehead atoms. The molecular weight excluding hydrogens is 242 g/mol. The Bertz CT molecular complexity index is 355. The summed E-state index contributed by atoms with van der Waals surface area (Å²) in [5.74, 6) is 2.42. The zero-order valence-corrected chi connectivity index (χ0v) is 12.4. The lowest BCUT2D eigenvalue weighted by Gasteiger charge is -2.15. The fourth-order valence-corrected chi connectivity index (χ4v) is 2.05. The van der Waals surface area contributed by atoms with Gasteiger partial charge in [0.15, 0.2) is 0 Å². The Morgan fingerprint density at radius 1 is 0.947 bits per heavy atom. The van der Waals surface area contributed by atoms with Crippen molar-refractivity contribution in [3.63, 3.8) is 0 Å². The number of hydrogen-bond donors (Lipinski definition) is 1. The SMILES string of the molecule is CCNCCCCc1c(OC)cc(OC)cc1OC. The second-order valence-corrected chi connectivity index (χ2v) is 4.32. The van der Waals surface area contributed by atoms with Gasteiger partial charge in [-0.3, -0.25) is 0 Å². The highest BCUT2D eigenvalue weighted by molar-refractivity contribution is 5.50. The molecule has 0 heterocycles. The third kappa shape index (κ3) is 4.63. The van der Waals surface area contributed by atoms with Crippen molar-refractivity contribution in [2.24, 2.45) is 0 Å². The molecule has 0 aromatic heterocycles. The van der Waals surface area contributed by atoms with E-state index >= 15 is 0 Å². The van der Waals surface area contributed by atoms with Gasteiger partial charge in [0.2, 0.25) is 0 Å². The molecule has 4 heteroatoms. The van der Waals surface area contributed by atoms with Crippen molar-refractivity contribution in [1.82, 2.24) is 5.32 Å². The molecule has 0 amide bonds. The minimum Gasteiger partial charge on any atom is -0.496 e. The number of unbranched alkanes of at least 4 members (excludes halogenated alkanes) is 1. The summed E-state index contributed by atoms with van der Waals surface area (Å²) in [4.78, 5) is 0. The van der Waals surface area contributed by atoms with Crippen LogP contribution in [0.3, 0.4) is 0 Å². The van der Waals surface area contributed by atoms with Crippen molar-refractivity contribution < 1.29 is 14.2 Å². The van der Waals surface area contributed by atoms with E-state index in [1.165, 1.54) is 0 Å². The lowest BCUT2D eigenvalue weighted by molar-refractivity contribution is 0.368. The lowest BCUT2D eigenvalue weighted by atomic mass is 10.1. The molecule has 108 valence electrons.